The second-order valence-corrected chi connectivity index (χ2v) is 4.12. The average Bonchev–Trinajstić information content (AvgIpc) is 2.67. The number of hydrogen-bond acceptors (Lipinski definition) is 4. The van der Waals surface area contributed by atoms with Gasteiger partial charge in [-0.05, 0) is 31.0 Å². The largest absolute Gasteiger partial charge is 0.460 e. The Bertz CT molecular complexity index is 548. The summed E-state index contributed by atoms with van der Waals surface area (Å²) in [4.78, 5) is 34.7. The molecule has 1 heterocycles. The lowest BCUT2D eigenvalue weighted by atomic mass is 10.0. The third kappa shape index (κ3) is 2.11. The molecule has 5 nitrogen and oxygen atoms in total. The predicted molar refractivity (Wildman–Crippen MR) is 64.5 cm³/mol. The van der Waals surface area contributed by atoms with Crippen LogP contribution in [0.4, 0.5) is 5.69 Å². The van der Waals surface area contributed by atoms with Crippen molar-refractivity contribution in [3.63, 3.8) is 0 Å². The van der Waals surface area contributed by atoms with Gasteiger partial charge in [0, 0.05) is 0 Å². The Kier molecular flexibility index (Phi) is 3.14. The molecule has 5 heteroatoms. The lowest BCUT2D eigenvalue weighted by molar-refractivity contribution is -0.137. The van der Waals surface area contributed by atoms with Gasteiger partial charge in [-0.15, -0.1) is 0 Å². The number of rotatable bonds is 3. The molecule has 0 atom stereocenters. The van der Waals surface area contributed by atoms with E-state index < -0.39 is 11.8 Å². The highest BCUT2D eigenvalue weighted by Crippen LogP contribution is 2.29. The molecule has 0 saturated carbocycles. The number of esters is 1. The Morgan fingerprint density at radius 2 is 2.11 bits per heavy atom. The molecule has 1 aliphatic rings. The van der Waals surface area contributed by atoms with Gasteiger partial charge in [0.05, 0.1) is 24.3 Å². The summed E-state index contributed by atoms with van der Waals surface area (Å²) in [6.45, 7) is 3.59. The number of ether oxygens (including phenoxy) is 1. The molecule has 1 amide bonds. The van der Waals surface area contributed by atoms with E-state index >= 15 is 0 Å². The van der Waals surface area contributed by atoms with Crippen molar-refractivity contribution in [3.05, 3.63) is 28.8 Å². The lowest BCUT2D eigenvalue weighted by Crippen LogP contribution is -2.19. The van der Waals surface area contributed by atoms with E-state index in [1.165, 1.54) is 0 Å². The van der Waals surface area contributed by atoms with Gasteiger partial charge in [-0.3, -0.25) is 9.59 Å². The minimum absolute atomic E-state index is 0.144. The van der Waals surface area contributed by atoms with Gasteiger partial charge in [-0.1, -0.05) is 6.07 Å². The minimum atomic E-state index is -0.897. The Balaban J connectivity index is 2.43. The Labute approximate surface area is 104 Å². The van der Waals surface area contributed by atoms with Crippen LogP contribution >= 0.6 is 0 Å². The molecule has 0 aliphatic carbocycles. The number of aryl methyl sites for hydroxylation is 1. The van der Waals surface area contributed by atoms with Crippen LogP contribution in [0.5, 0.6) is 0 Å². The normalized spacial score (nSPS) is 12.9. The monoisotopic (exact) mass is 247 g/mol. The summed E-state index contributed by atoms with van der Waals surface area (Å²) < 4.78 is 4.68. The van der Waals surface area contributed by atoms with Gasteiger partial charge in [-0.2, -0.15) is 0 Å². The molecule has 18 heavy (non-hydrogen) atoms. The highest BCUT2D eigenvalue weighted by Gasteiger charge is 2.28. The van der Waals surface area contributed by atoms with Crippen molar-refractivity contribution in [2.75, 3.05) is 11.9 Å². The molecular weight excluding hydrogens is 234 g/mol. The van der Waals surface area contributed by atoms with Gasteiger partial charge in [0.25, 0.3) is 5.78 Å². The van der Waals surface area contributed by atoms with Crippen molar-refractivity contribution in [2.24, 2.45) is 0 Å². The van der Waals surface area contributed by atoms with E-state index in [4.69, 9.17) is 0 Å². The maximum atomic E-state index is 11.9. The van der Waals surface area contributed by atoms with E-state index in [2.05, 4.69) is 10.1 Å². The van der Waals surface area contributed by atoms with Gasteiger partial charge in [0.15, 0.2) is 0 Å². The van der Waals surface area contributed by atoms with Crippen LogP contribution in [0.15, 0.2) is 12.1 Å². The number of carbonyl (C=O) groups is 3. The van der Waals surface area contributed by atoms with Crippen LogP contribution in [0, 0.1) is 6.92 Å². The van der Waals surface area contributed by atoms with Crippen LogP contribution in [-0.2, 0) is 20.7 Å². The van der Waals surface area contributed by atoms with Gasteiger partial charge < -0.3 is 10.1 Å². The molecule has 0 radical (unpaired) electrons. The third-order valence-electron chi connectivity index (χ3n) is 2.69. The first-order valence-corrected chi connectivity index (χ1v) is 5.67. The Morgan fingerprint density at radius 3 is 2.78 bits per heavy atom. The van der Waals surface area contributed by atoms with Crippen molar-refractivity contribution in [1.82, 2.24) is 0 Å². The lowest BCUT2D eigenvalue weighted by Gasteiger charge is -2.08. The number of fused-ring (bicyclic) bond motifs is 1. The summed E-state index contributed by atoms with van der Waals surface area (Å²) in [5.74, 6) is -1.79. The maximum Gasteiger partial charge on any atom is 0.379 e. The zero-order valence-electron chi connectivity index (χ0n) is 10.2. The van der Waals surface area contributed by atoms with E-state index in [0.717, 1.165) is 11.1 Å². The summed E-state index contributed by atoms with van der Waals surface area (Å²) in [5, 5.41) is 2.60. The number of anilines is 1. The first kappa shape index (κ1) is 12.3. The van der Waals surface area contributed by atoms with Gasteiger partial charge in [0.1, 0.15) is 0 Å². The van der Waals surface area contributed by atoms with Gasteiger partial charge in [-0.25, -0.2) is 4.79 Å². The zero-order valence-corrected chi connectivity index (χ0v) is 10.2. The quantitative estimate of drug-likeness (QED) is 0.495. The maximum absolute atomic E-state index is 11.9. The summed E-state index contributed by atoms with van der Waals surface area (Å²) in [6, 6.07) is 3.42. The molecule has 94 valence electrons. The molecule has 1 aromatic carbocycles. The number of ketones is 1. The molecular formula is C13H13NO4. The summed E-state index contributed by atoms with van der Waals surface area (Å²) in [7, 11) is 0. The number of Topliss-reactive ketones (excluding diaryl/α,β-unsaturated/α-hetero) is 1. The van der Waals surface area contributed by atoms with Crippen molar-refractivity contribution in [2.45, 2.75) is 20.3 Å². The summed E-state index contributed by atoms with van der Waals surface area (Å²) in [6.07, 6.45) is 0.236. The minimum Gasteiger partial charge on any atom is -0.460 e. The SMILES string of the molecule is CCOC(=O)C(=O)c1cc(C)cc2c1NC(=O)C2. The molecule has 1 aromatic rings. The molecule has 1 aliphatic heterocycles. The van der Waals surface area contributed by atoms with Crippen LogP contribution in [0.1, 0.15) is 28.4 Å². The second-order valence-electron chi connectivity index (χ2n) is 4.12. The van der Waals surface area contributed by atoms with Crippen LogP contribution in [0.2, 0.25) is 0 Å². The Morgan fingerprint density at radius 1 is 1.39 bits per heavy atom. The fraction of sp³-hybridized carbons (Fsp3) is 0.308. The molecule has 1 N–H and O–H groups in total. The molecule has 0 spiro atoms. The smallest absolute Gasteiger partial charge is 0.379 e. The average molecular weight is 247 g/mol. The van der Waals surface area contributed by atoms with Crippen molar-refractivity contribution < 1.29 is 19.1 Å². The zero-order chi connectivity index (χ0) is 13.3. The third-order valence-corrected chi connectivity index (χ3v) is 2.69. The number of carbonyl (C=O) groups excluding carboxylic acids is 3. The fourth-order valence-electron chi connectivity index (χ4n) is 1.99. The second kappa shape index (κ2) is 4.60. The summed E-state index contributed by atoms with van der Waals surface area (Å²) in [5.41, 5.74) is 2.21. The molecule has 0 bridgehead atoms. The molecule has 2 rings (SSSR count). The van der Waals surface area contributed by atoms with E-state index in [9.17, 15) is 14.4 Å². The number of hydrogen-bond donors (Lipinski definition) is 1. The summed E-state index contributed by atoms with van der Waals surface area (Å²) >= 11 is 0. The number of nitrogens with one attached hydrogen (secondary N) is 1. The van der Waals surface area contributed by atoms with E-state index in [-0.39, 0.29) is 24.5 Å². The van der Waals surface area contributed by atoms with Crippen LogP contribution < -0.4 is 5.32 Å². The predicted octanol–water partition coefficient (Wildman–Crippen LogP) is 1.24. The Hall–Kier alpha value is -2.17. The van der Waals surface area contributed by atoms with E-state index in [1.807, 2.05) is 13.0 Å². The van der Waals surface area contributed by atoms with Crippen molar-refractivity contribution in [3.8, 4) is 0 Å². The highest BCUT2D eigenvalue weighted by atomic mass is 16.5. The number of amides is 1. The van der Waals surface area contributed by atoms with Crippen LogP contribution in [0.3, 0.4) is 0 Å². The molecule has 0 unspecified atom stereocenters. The van der Waals surface area contributed by atoms with Gasteiger partial charge in [0.2, 0.25) is 5.91 Å². The van der Waals surface area contributed by atoms with Crippen molar-refractivity contribution in [1.29, 1.82) is 0 Å². The van der Waals surface area contributed by atoms with E-state index in [0.29, 0.717) is 5.69 Å². The van der Waals surface area contributed by atoms with Crippen LogP contribution in [0.25, 0.3) is 0 Å². The van der Waals surface area contributed by atoms with Crippen molar-refractivity contribution >= 4 is 23.3 Å². The topological polar surface area (TPSA) is 72.5 Å². The molecule has 0 fully saturated rings. The molecule has 0 aromatic heterocycles. The van der Waals surface area contributed by atoms with Gasteiger partial charge >= 0.3 is 5.97 Å². The first-order valence-electron chi connectivity index (χ1n) is 5.67. The molecule has 0 saturated heterocycles. The first-order chi connectivity index (χ1) is 8.52. The fourth-order valence-corrected chi connectivity index (χ4v) is 1.99. The highest BCUT2D eigenvalue weighted by molar-refractivity contribution is 6.42. The van der Waals surface area contributed by atoms with Crippen LogP contribution in [-0.4, -0.2) is 24.3 Å². The standard InChI is InChI=1S/C13H13NO4/c1-3-18-13(17)12(16)9-5-7(2)4-8-6-10(15)14-11(8)9/h4-5H,3,6H2,1-2H3,(H,14,15). The number of benzene rings is 1. The van der Waals surface area contributed by atoms with E-state index in [1.54, 1.807) is 13.0 Å².